The predicted octanol–water partition coefficient (Wildman–Crippen LogP) is 8.12. The standard InChI is InChI=1S/C27H26F3N3OS/c28-17-27(29,30)22-14-20(11-12-24(22)34-15-18-6-2-1-3-7-18)32-26-33-23(16-35-26)21-10-4-8-19-9-5-13-31-25(19)21/h4-5,8-14,16,18H,1-3,6-7,15,17H2,(H,32,33). The molecule has 8 heteroatoms. The van der Waals surface area contributed by atoms with Crippen molar-refractivity contribution in [2.45, 2.75) is 38.0 Å². The zero-order valence-corrected chi connectivity index (χ0v) is 20.0. The van der Waals surface area contributed by atoms with Crippen molar-refractivity contribution in [1.29, 1.82) is 0 Å². The monoisotopic (exact) mass is 497 g/mol. The van der Waals surface area contributed by atoms with Crippen molar-refractivity contribution in [2.24, 2.45) is 5.92 Å². The molecule has 4 aromatic rings. The van der Waals surface area contributed by atoms with E-state index in [0.717, 1.165) is 47.8 Å². The van der Waals surface area contributed by atoms with E-state index in [-0.39, 0.29) is 5.75 Å². The Bertz CT molecular complexity index is 1300. The van der Waals surface area contributed by atoms with Crippen molar-refractivity contribution >= 4 is 33.1 Å². The van der Waals surface area contributed by atoms with E-state index in [1.54, 1.807) is 12.3 Å². The van der Waals surface area contributed by atoms with Crippen molar-refractivity contribution in [3.05, 3.63) is 65.7 Å². The van der Waals surface area contributed by atoms with Gasteiger partial charge < -0.3 is 10.1 Å². The summed E-state index contributed by atoms with van der Waals surface area (Å²) in [6.45, 7) is -1.41. The summed E-state index contributed by atoms with van der Waals surface area (Å²) in [7, 11) is 0. The molecule has 0 aliphatic heterocycles. The first kappa shape index (κ1) is 23.6. The number of aromatic nitrogens is 2. The third-order valence-electron chi connectivity index (χ3n) is 6.40. The number of nitrogens with zero attached hydrogens (tertiary/aromatic N) is 2. The molecule has 0 spiro atoms. The number of fused-ring (bicyclic) bond motifs is 1. The number of anilines is 2. The number of halogens is 3. The Morgan fingerprint density at radius 2 is 1.89 bits per heavy atom. The maximum Gasteiger partial charge on any atom is 0.304 e. The molecule has 35 heavy (non-hydrogen) atoms. The van der Waals surface area contributed by atoms with Gasteiger partial charge in [0.1, 0.15) is 5.75 Å². The second-order valence-corrected chi connectivity index (χ2v) is 9.77. The van der Waals surface area contributed by atoms with Gasteiger partial charge in [0.05, 0.1) is 23.4 Å². The van der Waals surface area contributed by atoms with Gasteiger partial charge >= 0.3 is 5.92 Å². The van der Waals surface area contributed by atoms with Gasteiger partial charge in [0, 0.05) is 28.2 Å². The molecule has 2 heterocycles. The lowest BCUT2D eigenvalue weighted by molar-refractivity contribution is -0.0305. The zero-order valence-electron chi connectivity index (χ0n) is 19.1. The van der Waals surface area contributed by atoms with E-state index in [1.165, 1.54) is 29.9 Å². The van der Waals surface area contributed by atoms with Crippen LogP contribution in [0.15, 0.2) is 60.1 Å². The van der Waals surface area contributed by atoms with Crippen LogP contribution in [0.1, 0.15) is 37.7 Å². The quantitative estimate of drug-likeness (QED) is 0.267. The zero-order chi connectivity index (χ0) is 24.3. The number of benzene rings is 2. The fourth-order valence-electron chi connectivity index (χ4n) is 4.54. The molecule has 2 aromatic heterocycles. The molecule has 1 fully saturated rings. The lowest BCUT2D eigenvalue weighted by Crippen LogP contribution is -2.20. The fourth-order valence-corrected chi connectivity index (χ4v) is 5.27. The van der Waals surface area contributed by atoms with E-state index in [4.69, 9.17) is 4.74 Å². The van der Waals surface area contributed by atoms with Gasteiger partial charge in [-0.1, -0.05) is 43.5 Å². The van der Waals surface area contributed by atoms with Gasteiger partial charge in [0.25, 0.3) is 0 Å². The lowest BCUT2D eigenvalue weighted by atomic mass is 9.90. The molecular formula is C27H26F3N3OS. The molecule has 1 aliphatic carbocycles. The molecule has 2 aromatic carbocycles. The number of para-hydroxylation sites is 1. The summed E-state index contributed by atoms with van der Waals surface area (Å²) in [6.07, 6.45) is 7.28. The highest BCUT2D eigenvalue weighted by Gasteiger charge is 2.35. The molecule has 5 rings (SSSR count). The van der Waals surface area contributed by atoms with E-state index in [1.807, 2.05) is 35.7 Å². The summed E-state index contributed by atoms with van der Waals surface area (Å²) in [5.41, 5.74) is 2.43. The summed E-state index contributed by atoms with van der Waals surface area (Å²) < 4.78 is 48.0. The highest BCUT2D eigenvalue weighted by Crippen LogP contribution is 2.39. The number of ether oxygens (including phenoxy) is 1. The van der Waals surface area contributed by atoms with E-state index in [0.29, 0.717) is 23.3 Å². The largest absolute Gasteiger partial charge is 0.493 e. The summed E-state index contributed by atoms with van der Waals surface area (Å²) in [4.78, 5) is 9.10. The molecule has 0 atom stereocenters. The molecule has 0 unspecified atom stereocenters. The van der Waals surface area contributed by atoms with Crippen LogP contribution >= 0.6 is 11.3 Å². The normalized spacial score (nSPS) is 14.8. The Hall–Kier alpha value is -3.13. The van der Waals surface area contributed by atoms with Crippen LogP contribution < -0.4 is 10.1 Å². The molecule has 182 valence electrons. The maximum absolute atomic E-state index is 14.5. The summed E-state index contributed by atoms with van der Waals surface area (Å²) >= 11 is 1.36. The molecule has 1 saturated carbocycles. The van der Waals surface area contributed by atoms with Crippen LogP contribution in [0.25, 0.3) is 22.2 Å². The maximum atomic E-state index is 14.5. The summed E-state index contributed by atoms with van der Waals surface area (Å²) in [5.74, 6) is -3.25. The molecule has 0 amide bonds. The van der Waals surface area contributed by atoms with Crippen LogP contribution in [0.5, 0.6) is 5.75 Å². The minimum Gasteiger partial charge on any atom is -0.493 e. The molecule has 0 saturated heterocycles. The Morgan fingerprint density at radius 3 is 2.71 bits per heavy atom. The van der Waals surface area contributed by atoms with Crippen molar-refractivity contribution in [3.63, 3.8) is 0 Å². The van der Waals surface area contributed by atoms with Crippen LogP contribution in [0.4, 0.5) is 24.0 Å². The number of alkyl halides is 3. The second-order valence-electron chi connectivity index (χ2n) is 8.91. The number of hydrogen-bond acceptors (Lipinski definition) is 5. The van der Waals surface area contributed by atoms with Gasteiger partial charge in [-0.3, -0.25) is 4.98 Å². The van der Waals surface area contributed by atoms with Crippen LogP contribution in [-0.4, -0.2) is 23.2 Å². The van der Waals surface area contributed by atoms with Gasteiger partial charge in [-0.2, -0.15) is 8.78 Å². The Kier molecular flexibility index (Phi) is 6.90. The van der Waals surface area contributed by atoms with E-state index in [9.17, 15) is 13.2 Å². The topological polar surface area (TPSA) is 47.0 Å². The summed E-state index contributed by atoms with van der Waals surface area (Å²) in [5, 5.41) is 6.53. The van der Waals surface area contributed by atoms with Gasteiger partial charge in [0.2, 0.25) is 0 Å². The van der Waals surface area contributed by atoms with E-state index >= 15 is 0 Å². The predicted molar refractivity (Wildman–Crippen MR) is 135 cm³/mol. The number of thiazole rings is 1. The second kappa shape index (κ2) is 10.2. The molecule has 0 bridgehead atoms. The van der Waals surface area contributed by atoms with Gasteiger partial charge in [0.15, 0.2) is 11.8 Å². The van der Waals surface area contributed by atoms with Crippen LogP contribution in [0, 0.1) is 5.92 Å². The molecule has 1 N–H and O–H groups in total. The van der Waals surface area contributed by atoms with Crippen LogP contribution in [0.2, 0.25) is 0 Å². The van der Waals surface area contributed by atoms with E-state index in [2.05, 4.69) is 15.3 Å². The number of nitrogens with one attached hydrogen (secondary N) is 1. The smallest absolute Gasteiger partial charge is 0.304 e. The third-order valence-corrected chi connectivity index (χ3v) is 7.16. The highest BCUT2D eigenvalue weighted by atomic mass is 32.1. The van der Waals surface area contributed by atoms with Gasteiger partial charge in [-0.25, -0.2) is 9.37 Å². The van der Waals surface area contributed by atoms with Gasteiger partial charge in [-0.15, -0.1) is 11.3 Å². The first-order valence-electron chi connectivity index (χ1n) is 11.8. The van der Waals surface area contributed by atoms with E-state index < -0.39 is 18.2 Å². The van der Waals surface area contributed by atoms with Crippen molar-refractivity contribution in [1.82, 2.24) is 9.97 Å². The van der Waals surface area contributed by atoms with Gasteiger partial charge in [-0.05, 0) is 43.0 Å². The Labute approximate surface area is 206 Å². The van der Waals surface area contributed by atoms with Crippen molar-refractivity contribution < 1.29 is 17.9 Å². The number of hydrogen-bond donors (Lipinski definition) is 1. The average molecular weight is 498 g/mol. The van der Waals surface area contributed by atoms with Crippen molar-refractivity contribution in [2.75, 3.05) is 18.6 Å². The fraction of sp³-hybridized carbons (Fsp3) is 0.333. The Balaban J connectivity index is 1.37. The van der Waals surface area contributed by atoms with Crippen molar-refractivity contribution in [3.8, 4) is 17.0 Å². The lowest BCUT2D eigenvalue weighted by Gasteiger charge is -2.24. The average Bonchev–Trinajstić information content (AvgIpc) is 3.36. The minimum absolute atomic E-state index is 0.0328. The SMILES string of the molecule is FCC(F)(F)c1cc(Nc2nc(-c3cccc4cccnc34)cs2)ccc1OCC1CCCCC1. The molecule has 1 aliphatic rings. The molecular weight excluding hydrogens is 471 g/mol. The number of pyridine rings is 1. The minimum atomic E-state index is -3.64. The molecule has 0 radical (unpaired) electrons. The van der Waals surface area contributed by atoms with Crippen LogP contribution in [0.3, 0.4) is 0 Å². The number of rotatable bonds is 8. The highest BCUT2D eigenvalue weighted by molar-refractivity contribution is 7.14. The Morgan fingerprint density at radius 1 is 1.06 bits per heavy atom. The third kappa shape index (κ3) is 5.27. The first-order chi connectivity index (χ1) is 17.0. The van der Waals surface area contributed by atoms with Crippen LogP contribution in [-0.2, 0) is 5.92 Å². The summed E-state index contributed by atoms with van der Waals surface area (Å²) in [6, 6.07) is 14.2. The first-order valence-corrected chi connectivity index (χ1v) is 12.7. The molecule has 4 nitrogen and oxygen atoms in total.